The Morgan fingerprint density at radius 2 is 2.00 bits per heavy atom. The molecule has 0 fully saturated rings. The summed E-state index contributed by atoms with van der Waals surface area (Å²) in [6.07, 6.45) is 0.739. The lowest BCUT2D eigenvalue weighted by Gasteiger charge is -2.10. The van der Waals surface area contributed by atoms with Gasteiger partial charge >= 0.3 is 0 Å². The van der Waals surface area contributed by atoms with Crippen molar-refractivity contribution < 1.29 is 5.11 Å². The number of hydrogen-bond donors (Lipinski definition) is 1. The van der Waals surface area contributed by atoms with Gasteiger partial charge in [-0.3, -0.25) is 0 Å². The highest BCUT2D eigenvalue weighted by Gasteiger charge is 2.11. The van der Waals surface area contributed by atoms with Crippen molar-refractivity contribution >= 4 is 34.1 Å². The van der Waals surface area contributed by atoms with E-state index in [1.807, 2.05) is 24.3 Å². The number of thioether (sulfide) groups is 1. The molecule has 5 heteroatoms. The van der Waals surface area contributed by atoms with E-state index < -0.39 is 0 Å². The summed E-state index contributed by atoms with van der Waals surface area (Å²) < 4.78 is 0. The van der Waals surface area contributed by atoms with Gasteiger partial charge in [-0.25, -0.2) is 0 Å². The number of hydrogen-bond acceptors (Lipinski definition) is 4. The zero-order chi connectivity index (χ0) is 12.3. The SMILES string of the molecule is CC(CCO)Sc1nnc(Cl)c2ccccc12. The third-order valence-corrected chi connectivity index (χ3v) is 3.90. The molecule has 3 nitrogen and oxygen atoms in total. The third kappa shape index (κ3) is 2.89. The lowest BCUT2D eigenvalue weighted by atomic mass is 10.2. The van der Waals surface area contributed by atoms with Gasteiger partial charge in [0.15, 0.2) is 5.15 Å². The zero-order valence-corrected chi connectivity index (χ0v) is 11.0. The predicted molar refractivity (Wildman–Crippen MR) is 71.6 cm³/mol. The van der Waals surface area contributed by atoms with E-state index in [2.05, 4.69) is 17.1 Å². The van der Waals surface area contributed by atoms with Crippen LogP contribution < -0.4 is 0 Å². The first kappa shape index (κ1) is 12.6. The minimum absolute atomic E-state index is 0.188. The maximum absolute atomic E-state index is 8.90. The zero-order valence-electron chi connectivity index (χ0n) is 9.43. The molecular formula is C12H13ClN2OS. The van der Waals surface area contributed by atoms with Crippen LogP contribution in [0.25, 0.3) is 10.8 Å². The average molecular weight is 269 g/mol. The van der Waals surface area contributed by atoms with Crippen molar-refractivity contribution in [3.05, 3.63) is 29.4 Å². The Balaban J connectivity index is 2.38. The van der Waals surface area contributed by atoms with Crippen molar-refractivity contribution in [2.45, 2.75) is 23.6 Å². The quantitative estimate of drug-likeness (QED) is 0.866. The number of rotatable bonds is 4. The average Bonchev–Trinajstić information content (AvgIpc) is 2.34. The highest BCUT2D eigenvalue weighted by Crippen LogP contribution is 2.31. The molecule has 1 unspecified atom stereocenters. The molecule has 1 aromatic heterocycles. The first-order chi connectivity index (χ1) is 8.22. The smallest absolute Gasteiger partial charge is 0.159 e. The van der Waals surface area contributed by atoms with Gasteiger partial charge in [0.1, 0.15) is 5.03 Å². The monoisotopic (exact) mass is 268 g/mol. The molecule has 1 heterocycles. The summed E-state index contributed by atoms with van der Waals surface area (Å²) in [4.78, 5) is 0. The first-order valence-electron chi connectivity index (χ1n) is 5.41. The highest BCUT2D eigenvalue weighted by atomic mass is 35.5. The summed E-state index contributed by atoms with van der Waals surface area (Å²) in [5, 5.41) is 20.5. The van der Waals surface area contributed by atoms with Crippen LogP contribution in [0.3, 0.4) is 0 Å². The Hall–Kier alpha value is -0.840. The fourth-order valence-electron chi connectivity index (χ4n) is 1.56. The van der Waals surface area contributed by atoms with Gasteiger partial charge in [-0.15, -0.1) is 22.0 Å². The van der Waals surface area contributed by atoms with Crippen LogP contribution in [0, 0.1) is 0 Å². The molecule has 1 atom stereocenters. The van der Waals surface area contributed by atoms with Crippen LogP contribution in [0.2, 0.25) is 5.15 Å². The Kier molecular flexibility index (Phi) is 4.20. The molecule has 2 rings (SSSR count). The summed E-state index contributed by atoms with van der Waals surface area (Å²) in [6, 6.07) is 7.82. The minimum Gasteiger partial charge on any atom is -0.396 e. The molecule has 2 aromatic rings. The van der Waals surface area contributed by atoms with Crippen LogP contribution >= 0.6 is 23.4 Å². The van der Waals surface area contributed by atoms with Gasteiger partial charge in [0.2, 0.25) is 0 Å². The van der Waals surface area contributed by atoms with Crippen LogP contribution in [-0.4, -0.2) is 27.2 Å². The topological polar surface area (TPSA) is 46.0 Å². The van der Waals surface area contributed by atoms with Crippen molar-refractivity contribution in [1.82, 2.24) is 10.2 Å². The standard InChI is InChI=1S/C12H13ClN2OS/c1-8(6-7-16)17-12-10-5-3-2-4-9(10)11(13)14-15-12/h2-5,8,16H,6-7H2,1H3. The number of fused-ring (bicyclic) bond motifs is 1. The molecule has 0 radical (unpaired) electrons. The molecule has 1 N–H and O–H groups in total. The Morgan fingerprint density at radius 3 is 2.71 bits per heavy atom. The van der Waals surface area contributed by atoms with Gasteiger partial charge in [-0.2, -0.15) is 0 Å². The Labute approximate surface area is 109 Å². The van der Waals surface area contributed by atoms with Crippen LogP contribution in [0.5, 0.6) is 0 Å². The normalized spacial score (nSPS) is 12.9. The molecule has 0 bridgehead atoms. The van der Waals surface area contributed by atoms with Gasteiger partial charge in [-0.05, 0) is 6.42 Å². The molecule has 17 heavy (non-hydrogen) atoms. The molecule has 1 aromatic carbocycles. The maximum atomic E-state index is 8.90. The van der Waals surface area contributed by atoms with E-state index in [-0.39, 0.29) is 6.61 Å². The largest absolute Gasteiger partial charge is 0.396 e. The van der Waals surface area contributed by atoms with Crippen molar-refractivity contribution in [2.75, 3.05) is 6.61 Å². The van der Waals surface area contributed by atoms with Crippen LogP contribution in [-0.2, 0) is 0 Å². The van der Waals surface area contributed by atoms with Gasteiger partial charge in [0, 0.05) is 22.6 Å². The molecule has 0 aliphatic carbocycles. The van der Waals surface area contributed by atoms with Crippen molar-refractivity contribution in [1.29, 1.82) is 0 Å². The van der Waals surface area contributed by atoms with Crippen molar-refractivity contribution in [3.8, 4) is 0 Å². The molecular weight excluding hydrogens is 256 g/mol. The van der Waals surface area contributed by atoms with Gasteiger partial charge < -0.3 is 5.11 Å². The number of aliphatic hydroxyl groups is 1. The predicted octanol–water partition coefficient (Wildman–Crippen LogP) is 3.15. The fourth-order valence-corrected chi connectivity index (χ4v) is 2.76. The van der Waals surface area contributed by atoms with Crippen molar-refractivity contribution in [3.63, 3.8) is 0 Å². The van der Waals surface area contributed by atoms with Gasteiger partial charge in [0.25, 0.3) is 0 Å². The maximum Gasteiger partial charge on any atom is 0.159 e. The second-order valence-electron chi connectivity index (χ2n) is 3.78. The molecule has 0 aliphatic rings. The minimum atomic E-state index is 0.188. The summed E-state index contributed by atoms with van der Waals surface area (Å²) in [7, 11) is 0. The van der Waals surface area contributed by atoms with Crippen LogP contribution in [0.4, 0.5) is 0 Å². The number of aromatic nitrogens is 2. The van der Waals surface area contributed by atoms with E-state index in [1.54, 1.807) is 11.8 Å². The number of aliphatic hydroxyl groups excluding tert-OH is 1. The number of nitrogens with zero attached hydrogens (tertiary/aromatic N) is 2. The van der Waals surface area contributed by atoms with Crippen LogP contribution in [0.15, 0.2) is 29.3 Å². The molecule has 0 saturated carbocycles. The molecule has 0 aliphatic heterocycles. The molecule has 0 amide bonds. The molecule has 90 valence electrons. The first-order valence-corrected chi connectivity index (χ1v) is 6.66. The highest BCUT2D eigenvalue weighted by molar-refractivity contribution is 8.00. The van der Waals surface area contributed by atoms with Gasteiger partial charge in [-0.1, -0.05) is 42.8 Å². The number of benzene rings is 1. The summed E-state index contributed by atoms with van der Waals surface area (Å²) in [5.41, 5.74) is 0. The summed E-state index contributed by atoms with van der Waals surface area (Å²) in [6.45, 7) is 2.25. The number of halogens is 1. The van der Waals surface area contributed by atoms with Crippen molar-refractivity contribution in [2.24, 2.45) is 0 Å². The lowest BCUT2D eigenvalue weighted by molar-refractivity contribution is 0.289. The molecule has 0 saturated heterocycles. The molecule has 0 spiro atoms. The van der Waals surface area contributed by atoms with Crippen LogP contribution in [0.1, 0.15) is 13.3 Å². The van der Waals surface area contributed by atoms with E-state index in [1.165, 1.54) is 0 Å². The van der Waals surface area contributed by atoms with E-state index in [9.17, 15) is 0 Å². The van der Waals surface area contributed by atoms with E-state index in [0.29, 0.717) is 10.4 Å². The van der Waals surface area contributed by atoms with E-state index in [4.69, 9.17) is 16.7 Å². The van der Waals surface area contributed by atoms with Gasteiger partial charge in [0.05, 0.1) is 0 Å². The summed E-state index contributed by atoms with van der Waals surface area (Å²) >= 11 is 7.62. The lowest BCUT2D eigenvalue weighted by Crippen LogP contribution is -2.01. The third-order valence-electron chi connectivity index (χ3n) is 2.46. The van der Waals surface area contributed by atoms with E-state index >= 15 is 0 Å². The Bertz CT molecular complexity index is 521. The fraction of sp³-hybridized carbons (Fsp3) is 0.333. The second-order valence-corrected chi connectivity index (χ2v) is 5.57. The summed E-state index contributed by atoms with van der Waals surface area (Å²) in [5.74, 6) is 0. The second kappa shape index (κ2) is 5.67. The Morgan fingerprint density at radius 1 is 1.29 bits per heavy atom. The van der Waals surface area contributed by atoms with E-state index in [0.717, 1.165) is 22.2 Å².